The Hall–Kier alpha value is -2.38. The quantitative estimate of drug-likeness (QED) is 0.370. The summed E-state index contributed by atoms with van der Waals surface area (Å²) in [7, 11) is -3.96. The molecule has 1 amide bonds. The predicted octanol–water partition coefficient (Wildman–Crippen LogP) is 6.30. The molecule has 0 aliphatic rings. The molecule has 186 valence electrons. The number of hydrogen-bond donors (Lipinski definition) is 1. The molecule has 0 fully saturated rings. The Morgan fingerprint density at radius 1 is 0.886 bits per heavy atom. The van der Waals surface area contributed by atoms with Gasteiger partial charge >= 0.3 is 0 Å². The third kappa shape index (κ3) is 6.64. The summed E-state index contributed by atoms with van der Waals surface area (Å²) in [5.41, 5.74) is 5.95. The van der Waals surface area contributed by atoms with Gasteiger partial charge in [0.2, 0.25) is 15.9 Å². The maximum atomic E-state index is 13.5. The van der Waals surface area contributed by atoms with Gasteiger partial charge in [-0.2, -0.15) is 4.31 Å². The molecule has 3 aromatic rings. The highest BCUT2D eigenvalue weighted by atomic mass is 35.5. The van der Waals surface area contributed by atoms with Crippen LogP contribution in [0.4, 0.5) is 0 Å². The number of benzene rings is 3. The number of aryl methyl sites for hydroxylation is 4. The van der Waals surface area contributed by atoms with Crippen molar-refractivity contribution in [1.82, 2.24) is 9.62 Å². The molecule has 1 N–H and O–H groups in total. The van der Waals surface area contributed by atoms with Crippen molar-refractivity contribution in [2.75, 3.05) is 6.54 Å². The molecule has 0 saturated carbocycles. The van der Waals surface area contributed by atoms with Crippen molar-refractivity contribution < 1.29 is 13.2 Å². The van der Waals surface area contributed by atoms with Crippen molar-refractivity contribution in [2.45, 2.75) is 52.1 Å². The standard InChI is InChI=1S/C27H30Cl2N2O3S/c1-17-6-9-23(10-7-17)35(33,34)31(15-22-8-11-25(28)26(29)14-22)16-27(32)30-21(5)24-13-19(3)18(2)12-20(24)4/h6-14,21H,15-16H2,1-5H3,(H,30,32)/t21-/m1/s1. The second-order valence-corrected chi connectivity index (χ2v) is 11.7. The van der Waals surface area contributed by atoms with Crippen LogP contribution < -0.4 is 5.32 Å². The van der Waals surface area contributed by atoms with Crippen LogP contribution in [-0.4, -0.2) is 25.2 Å². The number of halogens is 2. The second-order valence-electron chi connectivity index (χ2n) is 8.92. The minimum Gasteiger partial charge on any atom is -0.348 e. The van der Waals surface area contributed by atoms with Crippen LogP contribution >= 0.6 is 23.2 Å². The van der Waals surface area contributed by atoms with Crippen LogP contribution in [-0.2, 0) is 21.4 Å². The second kappa shape index (κ2) is 11.1. The van der Waals surface area contributed by atoms with Crippen LogP contribution in [0, 0.1) is 27.7 Å². The molecule has 0 aliphatic carbocycles. The summed E-state index contributed by atoms with van der Waals surface area (Å²) in [6.07, 6.45) is 0. The molecule has 0 bridgehead atoms. The van der Waals surface area contributed by atoms with Crippen LogP contribution in [0.3, 0.4) is 0 Å². The molecule has 35 heavy (non-hydrogen) atoms. The number of amides is 1. The van der Waals surface area contributed by atoms with Crippen molar-refractivity contribution in [3.63, 3.8) is 0 Å². The zero-order valence-electron chi connectivity index (χ0n) is 20.5. The lowest BCUT2D eigenvalue weighted by atomic mass is 9.96. The Morgan fingerprint density at radius 3 is 2.14 bits per heavy atom. The molecule has 3 rings (SSSR count). The summed E-state index contributed by atoms with van der Waals surface area (Å²) in [6, 6.07) is 15.3. The van der Waals surface area contributed by atoms with Crippen LogP contribution in [0.15, 0.2) is 59.5 Å². The van der Waals surface area contributed by atoms with Crippen LogP contribution in [0.1, 0.15) is 46.3 Å². The lowest BCUT2D eigenvalue weighted by Crippen LogP contribution is -2.41. The van der Waals surface area contributed by atoms with Crippen LogP contribution in [0.5, 0.6) is 0 Å². The van der Waals surface area contributed by atoms with Crippen molar-refractivity contribution in [2.24, 2.45) is 0 Å². The van der Waals surface area contributed by atoms with Gasteiger partial charge in [0.25, 0.3) is 0 Å². The van der Waals surface area contributed by atoms with Crippen LogP contribution in [0.2, 0.25) is 10.0 Å². The molecule has 1 atom stereocenters. The van der Waals surface area contributed by atoms with Crippen molar-refractivity contribution >= 4 is 39.1 Å². The molecular weight excluding hydrogens is 503 g/mol. The SMILES string of the molecule is Cc1ccc(S(=O)(=O)N(CC(=O)N[C@H](C)c2cc(C)c(C)cc2C)Cc2ccc(Cl)c(Cl)c2)cc1. The van der Waals surface area contributed by atoms with E-state index in [4.69, 9.17) is 23.2 Å². The largest absolute Gasteiger partial charge is 0.348 e. The minimum absolute atomic E-state index is 0.0302. The summed E-state index contributed by atoms with van der Waals surface area (Å²) in [4.78, 5) is 13.2. The van der Waals surface area contributed by atoms with Gasteiger partial charge in [-0.05, 0) is 86.7 Å². The number of sulfonamides is 1. The normalized spacial score (nSPS) is 12.6. The number of carbonyl (C=O) groups is 1. The molecule has 0 aromatic heterocycles. The van der Waals surface area contributed by atoms with Gasteiger partial charge in [0.05, 0.1) is 27.5 Å². The van der Waals surface area contributed by atoms with Gasteiger partial charge < -0.3 is 5.32 Å². The Labute approximate surface area is 218 Å². The molecule has 0 heterocycles. The van der Waals surface area contributed by atoms with E-state index < -0.39 is 15.9 Å². The van der Waals surface area contributed by atoms with Crippen LogP contribution in [0.25, 0.3) is 0 Å². The minimum atomic E-state index is -3.96. The van der Waals surface area contributed by atoms with Gasteiger partial charge in [-0.3, -0.25) is 4.79 Å². The van der Waals surface area contributed by atoms with Gasteiger partial charge in [0.1, 0.15) is 0 Å². The van der Waals surface area contributed by atoms with E-state index in [1.165, 1.54) is 5.56 Å². The average Bonchev–Trinajstić information content (AvgIpc) is 2.78. The topological polar surface area (TPSA) is 66.5 Å². The zero-order valence-corrected chi connectivity index (χ0v) is 22.9. The molecule has 3 aromatic carbocycles. The number of carbonyl (C=O) groups excluding carboxylic acids is 1. The summed E-state index contributed by atoms with van der Waals surface area (Å²) < 4.78 is 28.2. The summed E-state index contributed by atoms with van der Waals surface area (Å²) in [6.45, 7) is 9.48. The highest BCUT2D eigenvalue weighted by Crippen LogP contribution is 2.26. The van der Waals surface area contributed by atoms with Crippen molar-refractivity contribution in [3.05, 3.63) is 98.0 Å². The number of nitrogens with zero attached hydrogens (tertiary/aromatic N) is 1. The highest BCUT2D eigenvalue weighted by molar-refractivity contribution is 7.89. The summed E-state index contributed by atoms with van der Waals surface area (Å²) >= 11 is 12.2. The lowest BCUT2D eigenvalue weighted by Gasteiger charge is -2.24. The number of nitrogens with one attached hydrogen (secondary N) is 1. The Balaban J connectivity index is 1.88. The third-order valence-electron chi connectivity index (χ3n) is 6.05. The summed E-state index contributed by atoms with van der Waals surface area (Å²) in [5.74, 6) is -0.397. The van der Waals surface area contributed by atoms with Crippen molar-refractivity contribution in [1.29, 1.82) is 0 Å². The van der Waals surface area contributed by atoms with E-state index in [-0.39, 0.29) is 24.0 Å². The highest BCUT2D eigenvalue weighted by Gasteiger charge is 2.28. The fourth-order valence-corrected chi connectivity index (χ4v) is 5.61. The molecule has 5 nitrogen and oxygen atoms in total. The number of rotatable bonds is 8. The first-order valence-electron chi connectivity index (χ1n) is 11.3. The van der Waals surface area contributed by atoms with Gasteiger partial charge in [-0.15, -0.1) is 0 Å². The fourth-order valence-electron chi connectivity index (χ4n) is 3.90. The van der Waals surface area contributed by atoms with E-state index in [1.807, 2.05) is 34.6 Å². The van der Waals surface area contributed by atoms with E-state index in [0.717, 1.165) is 26.6 Å². The first-order chi connectivity index (χ1) is 16.4. The average molecular weight is 534 g/mol. The molecule has 8 heteroatoms. The van der Waals surface area contributed by atoms with E-state index in [9.17, 15) is 13.2 Å². The van der Waals surface area contributed by atoms with Gasteiger partial charge in [-0.25, -0.2) is 8.42 Å². The first kappa shape index (κ1) is 27.2. The molecule has 0 unspecified atom stereocenters. The Bertz CT molecular complexity index is 1340. The van der Waals surface area contributed by atoms with E-state index in [0.29, 0.717) is 15.6 Å². The van der Waals surface area contributed by atoms with Gasteiger partial charge in [0, 0.05) is 6.54 Å². The van der Waals surface area contributed by atoms with Gasteiger partial charge in [-0.1, -0.05) is 59.1 Å². The Morgan fingerprint density at radius 2 is 1.51 bits per heavy atom. The summed E-state index contributed by atoms with van der Waals surface area (Å²) in [5, 5.41) is 3.65. The zero-order chi connectivity index (χ0) is 25.9. The monoisotopic (exact) mass is 532 g/mol. The Kier molecular flexibility index (Phi) is 8.65. The molecule has 0 aliphatic heterocycles. The van der Waals surface area contributed by atoms with E-state index in [2.05, 4.69) is 17.4 Å². The first-order valence-corrected chi connectivity index (χ1v) is 13.5. The third-order valence-corrected chi connectivity index (χ3v) is 8.59. The number of hydrogen-bond acceptors (Lipinski definition) is 3. The molecular formula is C27H30Cl2N2O3S. The van der Waals surface area contributed by atoms with E-state index >= 15 is 0 Å². The maximum absolute atomic E-state index is 13.5. The smallest absolute Gasteiger partial charge is 0.243 e. The molecule has 0 radical (unpaired) electrons. The van der Waals surface area contributed by atoms with Crippen molar-refractivity contribution in [3.8, 4) is 0 Å². The fraction of sp³-hybridized carbons (Fsp3) is 0.296. The van der Waals surface area contributed by atoms with Gasteiger partial charge in [0.15, 0.2) is 0 Å². The molecule has 0 spiro atoms. The maximum Gasteiger partial charge on any atom is 0.243 e. The van der Waals surface area contributed by atoms with E-state index in [1.54, 1.807) is 42.5 Å². The lowest BCUT2D eigenvalue weighted by molar-refractivity contribution is -0.122. The molecule has 0 saturated heterocycles. The predicted molar refractivity (Wildman–Crippen MR) is 142 cm³/mol.